The van der Waals surface area contributed by atoms with E-state index in [9.17, 15) is 41.1 Å². The third-order valence-corrected chi connectivity index (χ3v) is 8.52. The maximum absolute atomic E-state index is 13.1. The number of hydrogen-bond donors (Lipinski definition) is 2. The number of sulfone groups is 1. The number of rotatable bonds is 9. The van der Waals surface area contributed by atoms with E-state index in [0.717, 1.165) is 28.4 Å². The Labute approximate surface area is 215 Å². The summed E-state index contributed by atoms with van der Waals surface area (Å²) in [5.74, 6) is -5.61. The largest absolute Gasteiger partial charge is 1.00 e. The van der Waals surface area contributed by atoms with E-state index in [2.05, 4.69) is 20.6 Å². The number of carboxylic acid groups (broad SMARTS) is 1. The summed E-state index contributed by atoms with van der Waals surface area (Å²) in [6.45, 7) is -0.848. The van der Waals surface area contributed by atoms with Gasteiger partial charge in [-0.1, -0.05) is 11.8 Å². The van der Waals surface area contributed by atoms with Gasteiger partial charge in [0, 0.05) is 11.0 Å². The number of aromatic amines is 1. The Morgan fingerprint density at radius 2 is 2.12 bits per heavy atom. The van der Waals surface area contributed by atoms with Gasteiger partial charge < -0.3 is 15.2 Å². The summed E-state index contributed by atoms with van der Waals surface area (Å²) in [5, 5.41) is 21.0. The predicted octanol–water partition coefficient (Wildman–Crippen LogP) is -4.93. The van der Waals surface area contributed by atoms with E-state index in [1.807, 2.05) is 5.32 Å². The van der Waals surface area contributed by atoms with E-state index in [4.69, 9.17) is 0 Å². The molecule has 33 heavy (non-hydrogen) atoms. The van der Waals surface area contributed by atoms with Gasteiger partial charge in [-0.05, 0) is 17.7 Å². The number of fused-ring (bicyclic) bond motifs is 1. The first-order valence-electron chi connectivity index (χ1n) is 8.64. The molecule has 0 bridgehead atoms. The van der Waals surface area contributed by atoms with Crippen molar-refractivity contribution < 1.29 is 70.6 Å². The summed E-state index contributed by atoms with van der Waals surface area (Å²) in [6.07, 6.45) is 0. The zero-order valence-electron chi connectivity index (χ0n) is 17.0. The number of nitrogens with zero attached hydrogens (tertiary/aromatic N) is 4. The van der Waals surface area contributed by atoms with Crippen molar-refractivity contribution in [1.29, 1.82) is 0 Å². The van der Waals surface area contributed by atoms with E-state index in [-0.39, 0.29) is 40.5 Å². The summed E-state index contributed by atoms with van der Waals surface area (Å²) >= 11 is 2.15. The molecule has 0 spiro atoms. The predicted molar refractivity (Wildman–Crippen MR) is 101 cm³/mol. The smallest absolute Gasteiger partial charge is 0.543 e. The molecule has 3 atom stereocenters. The van der Waals surface area contributed by atoms with Gasteiger partial charge in [0.05, 0.1) is 11.7 Å². The number of halogens is 3. The molecule has 176 valence electrons. The van der Waals surface area contributed by atoms with E-state index < -0.39 is 67.7 Å². The first-order valence-corrected chi connectivity index (χ1v) is 12.2. The molecule has 0 radical (unpaired) electrons. The minimum Gasteiger partial charge on any atom is -0.543 e. The average Bonchev–Trinajstić information content (AvgIpc) is 3.23. The number of nitrogens with one attached hydrogen (secondary N) is 2. The van der Waals surface area contributed by atoms with Gasteiger partial charge in [-0.25, -0.2) is 12.8 Å². The molecule has 19 heteroatoms. The fraction of sp³-hybridized carbons (Fsp3) is 0.571. The van der Waals surface area contributed by atoms with Crippen LogP contribution in [0, 0.1) is 0 Å². The van der Waals surface area contributed by atoms with Crippen LogP contribution in [0.1, 0.15) is 6.92 Å². The van der Waals surface area contributed by atoms with Crippen LogP contribution in [0.25, 0.3) is 0 Å². The Hall–Kier alpha value is -1.34. The van der Waals surface area contributed by atoms with Crippen molar-refractivity contribution in [3.8, 4) is 0 Å². The fourth-order valence-corrected chi connectivity index (χ4v) is 6.17. The third-order valence-electron chi connectivity index (χ3n) is 4.54. The molecule has 1 aromatic heterocycles. The number of amides is 2. The molecule has 3 rings (SSSR count). The molecule has 2 aliphatic rings. The van der Waals surface area contributed by atoms with E-state index >= 15 is 0 Å². The molecule has 0 aliphatic carbocycles. The monoisotopic (exact) mass is 538 g/mol. The van der Waals surface area contributed by atoms with Gasteiger partial charge in [0.1, 0.15) is 17.2 Å². The summed E-state index contributed by atoms with van der Waals surface area (Å²) in [5.41, 5.74) is -0.0892. The number of β-lactam (4-membered cyclic amide) rings is 1. The Bertz CT molecular complexity index is 1070. The number of carbonyl (C=O) groups excluding carboxylic acids is 3. The van der Waals surface area contributed by atoms with Crippen LogP contribution in [0.5, 0.6) is 0 Å². The van der Waals surface area contributed by atoms with Crippen LogP contribution < -0.4 is 40.0 Å². The van der Waals surface area contributed by atoms with Gasteiger partial charge in [0.25, 0.3) is 5.91 Å². The van der Waals surface area contributed by atoms with Gasteiger partial charge in [-0.3, -0.25) is 14.5 Å². The van der Waals surface area contributed by atoms with Crippen molar-refractivity contribution in [2.45, 2.75) is 34.0 Å². The molecule has 2 unspecified atom stereocenters. The molecule has 2 N–H and O–H groups in total. The van der Waals surface area contributed by atoms with Gasteiger partial charge in [-0.2, -0.15) is 14.0 Å². The van der Waals surface area contributed by atoms with Crippen LogP contribution in [-0.2, 0) is 24.2 Å². The number of carboxylic acids is 1. The Kier molecular flexibility index (Phi) is 8.89. The number of tetrazole rings is 1. The molecule has 1 saturated heterocycles. The molecular weight excluding hydrogens is 524 g/mol. The number of hydrogen-bond acceptors (Lipinski definition) is 11. The number of alkyl halides is 3. The van der Waals surface area contributed by atoms with Gasteiger partial charge in [-0.15, -0.1) is 22.0 Å². The molecule has 0 aromatic carbocycles. The number of thioether (sulfide) groups is 2. The number of aromatic nitrogens is 4. The molecule has 0 saturated carbocycles. The molecule has 2 aliphatic heterocycles. The molecular formula is C14H14F3N6NaO6S3. The normalized spacial score (nSPS) is 21.6. The summed E-state index contributed by atoms with van der Waals surface area (Å²) in [6, 6.07) is -1.35. The molecule has 12 nitrogen and oxygen atoms in total. The number of carbonyl (C=O) groups is 3. The van der Waals surface area contributed by atoms with E-state index in [0.29, 0.717) is 5.57 Å². The SMILES string of the molecule is CC(Sc1nn[nH]n1)C1=C(C(=O)[O-])N2C(=O)C(NC(=O)CS(=O)(=O)C(F)(F)CF)[C@@H]2SC1.[Na+]. The zero-order chi connectivity index (χ0) is 23.8. The van der Waals surface area contributed by atoms with Crippen LogP contribution in [0.4, 0.5) is 13.2 Å². The standard InChI is InChI=1S/C14H15F3N6O6S3.Na/c1-5(31-13-19-21-22-20-13)6-2-30-11-8(10(25)23(11)9(6)12(26)27)18-7(24)3-32(28,29)14(16,17)4-15;/h5,8,11H,2-4H2,1H3,(H,18,24)(H,26,27)(H,19,20,21,22);/q;+1/p-1/t5?,8?,11-;/m0./s1. The fourth-order valence-electron chi connectivity index (χ4n) is 2.95. The molecule has 2 amide bonds. The first kappa shape index (κ1) is 27.9. The van der Waals surface area contributed by atoms with Crippen molar-refractivity contribution in [3.05, 3.63) is 11.3 Å². The van der Waals surface area contributed by atoms with E-state index in [1.165, 1.54) is 0 Å². The van der Waals surface area contributed by atoms with E-state index in [1.54, 1.807) is 6.92 Å². The van der Waals surface area contributed by atoms with Crippen molar-refractivity contribution in [2.75, 3.05) is 18.2 Å². The zero-order valence-corrected chi connectivity index (χ0v) is 21.4. The van der Waals surface area contributed by atoms with Crippen molar-refractivity contribution >= 4 is 51.1 Å². The van der Waals surface area contributed by atoms with Crippen LogP contribution in [0.2, 0.25) is 0 Å². The minimum atomic E-state index is -5.44. The Morgan fingerprint density at radius 3 is 2.67 bits per heavy atom. The Balaban J connectivity index is 0.00000385. The topological polar surface area (TPSA) is 178 Å². The van der Waals surface area contributed by atoms with Crippen LogP contribution >= 0.6 is 23.5 Å². The number of aliphatic carboxylic acids is 1. The Morgan fingerprint density at radius 1 is 1.45 bits per heavy atom. The van der Waals surface area contributed by atoms with Crippen molar-refractivity contribution in [1.82, 2.24) is 30.8 Å². The van der Waals surface area contributed by atoms with Crippen molar-refractivity contribution in [2.24, 2.45) is 0 Å². The van der Waals surface area contributed by atoms with Gasteiger partial charge in [0.2, 0.25) is 20.9 Å². The molecule has 3 heterocycles. The van der Waals surface area contributed by atoms with Gasteiger partial charge >= 0.3 is 34.8 Å². The second-order valence-corrected chi connectivity index (χ2v) is 11.1. The summed E-state index contributed by atoms with van der Waals surface area (Å²) < 4.78 is 61.5. The minimum absolute atomic E-state index is 0. The first-order chi connectivity index (χ1) is 14.9. The number of H-pyrrole nitrogens is 1. The molecule has 1 fully saturated rings. The van der Waals surface area contributed by atoms with Crippen LogP contribution in [-0.4, -0.2) is 91.8 Å². The second-order valence-electron chi connectivity index (χ2n) is 6.60. The molecule has 1 aromatic rings. The average molecular weight is 538 g/mol. The van der Waals surface area contributed by atoms with Crippen molar-refractivity contribution in [3.63, 3.8) is 0 Å². The quantitative estimate of drug-likeness (QED) is 0.175. The second kappa shape index (κ2) is 10.5. The maximum Gasteiger partial charge on any atom is 1.00 e. The van der Waals surface area contributed by atoms with Crippen LogP contribution in [0.3, 0.4) is 0 Å². The van der Waals surface area contributed by atoms with Crippen LogP contribution in [0.15, 0.2) is 16.4 Å². The third kappa shape index (κ3) is 5.50. The van der Waals surface area contributed by atoms with Gasteiger partial charge in [0.15, 0.2) is 6.67 Å². The summed E-state index contributed by atoms with van der Waals surface area (Å²) in [4.78, 5) is 37.1. The maximum atomic E-state index is 13.1. The summed E-state index contributed by atoms with van der Waals surface area (Å²) in [7, 11) is -5.44.